The van der Waals surface area contributed by atoms with Crippen molar-refractivity contribution in [3.63, 3.8) is 0 Å². The molecule has 1 heterocycles. The summed E-state index contributed by atoms with van der Waals surface area (Å²) in [5.41, 5.74) is 0. The number of ether oxygens (including phenoxy) is 1. The lowest BCUT2D eigenvalue weighted by Crippen LogP contribution is -2.47. The number of nitrogens with zero attached hydrogens (tertiary/aromatic N) is 1. The summed E-state index contributed by atoms with van der Waals surface area (Å²) in [5, 5.41) is 2.01. The van der Waals surface area contributed by atoms with Gasteiger partial charge < -0.3 is 9.64 Å². The van der Waals surface area contributed by atoms with Gasteiger partial charge in [-0.05, 0) is 26.2 Å². The van der Waals surface area contributed by atoms with Crippen molar-refractivity contribution in [2.45, 2.75) is 26.2 Å². The van der Waals surface area contributed by atoms with Gasteiger partial charge in [-0.1, -0.05) is 0 Å². The summed E-state index contributed by atoms with van der Waals surface area (Å²) >= 11 is 0. The fourth-order valence-electron chi connectivity index (χ4n) is 1.52. The van der Waals surface area contributed by atoms with Crippen LogP contribution in [0.25, 0.3) is 0 Å². The van der Waals surface area contributed by atoms with E-state index < -0.39 is 17.9 Å². The first kappa shape index (κ1) is 12.5. The Morgan fingerprint density at radius 2 is 1.81 bits per heavy atom. The number of carbonyl (C=O) groups is 3. The predicted octanol–water partition coefficient (Wildman–Crippen LogP) is 0.272. The second kappa shape index (κ2) is 6.09. The molecule has 0 saturated carbocycles. The van der Waals surface area contributed by atoms with E-state index in [1.807, 2.05) is 5.32 Å². The number of esters is 1. The van der Waals surface area contributed by atoms with Crippen molar-refractivity contribution in [2.75, 3.05) is 19.7 Å². The van der Waals surface area contributed by atoms with Gasteiger partial charge in [-0.3, -0.25) is 10.1 Å². The number of hydrogen-bond donors (Lipinski definition) is 1. The zero-order valence-corrected chi connectivity index (χ0v) is 9.32. The van der Waals surface area contributed by atoms with E-state index in [1.54, 1.807) is 6.92 Å². The first-order valence-corrected chi connectivity index (χ1v) is 5.42. The lowest BCUT2D eigenvalue weighted by molar-refractivity contribution is -0.154. The second-order valence-corrected chi connectivity index (χ2v) is 3.53. The molecular weight excluding hydrogens is 212 g/mol. The zero-order chi connectivity index (χ0) is 12.0. The summed E-state index contributed by atoms with van der Waals surface area (Å²) in [6.07, 6.45) is 2.96. The van der Waals surface area contributed by atoms with Crippen molar-refractivity contribution in [1.82, 2.24) is 10.2 Å². The van der Waals surface area contributed by atoms with Gasteiger partial charge in [0.05, 0.1) is 6.61 Å². The van der Waals surface area contributed by atoms with Crippen LogP contribution in [0.4, 0.5) is 4.79 Å². The summed E-state index contributed by atoms with van der Waals surface area (Å²) in [5.74, 6) is -2.02. The highest BCUT2D eigenvalue weighted by Gasteiger charge is 2.22. The molecule has 90 valence electrons. The highest BCUT2D eigenvalue weighted by molar-refractivity contribution is 6.35. The van der Waals surface area contributed by atoms with E-state index in [2.05, 4.69) is 4.74 Å². The van der Waals surface area contributed by atoms with Crippen LogP contribution in [-0.2, 0) is 14.3 Å². The number of piperidine rings is 1. The SMILES string of the molecule is CCOC(=O)C(=O)NC(=O)N1CCCCC1. The smallest absolute Gasteiger partial charge is 0.397 e. The number of rotatable bonds is 1. The molecule has 0 spiro atoms. The molecule has 0 unspecified atom stereocenters. The molecule has 6 heteroatoms. The van der Waals surface area contributed by atoms with Crippen molar-refractivity contribution < 1.29 is 19.1 Å². The number of nitrogens with one attached hydrogen (secondary N) is 1. The maximum absolute atomic E-state index is 11.5. The van der Waals surface area contributed by atoms with E-state index in [9.17, 15) is 14.4 Å². The van der Waals surface area contributed by atoms with Crippen LogP contribution < -0.4 is 5.32 Å². The van der Waals surface area contributed by atoms with Crippen LogP contribution in [0.1, 0.15) is 26.2 Å². The molecule has 6 nitrogen and oxygen atoms in total. The second-order valence-electron chi connectivity index (χ2n) is 3.53. The molecule has 1 N–H and O–H groups in total. The lowest BCUT2D eigenvalue weighted by Gasteiger charge is -2.26. The Labute approximate surface area is 93.9 Å². The molecule has 0 radical (unpaired) electrons. The fourth-order valence-corrected chi connectivity index (χ4v) is 1.52. The topological polar surface area (TPSA) is 75.7 Å². The van der Waals surface area contributed by atoms with E-state index in [-0.39, 0.29) is 6.61 Å². The van der Waals surface area contributed by atoms with Crippen LogP contribution in [-0.4, -0.2) is 42.5 Å². The molecule has 1 saturated heterocycles. The highest BCUT2D eigenvalue weighted by Crippen LogP contribution is 2.08. The van der Waals surface area contributed by atoms with Gasteiger partial charge in [0.25, 0.3) is 0 Å². The van der Waals surface area contributed by atoms with E-state index >= 15 is 0 Å². The van der Waals surface area contributed by atoms with Crippen molar-refractivity contribution >= 4 is 17.9 Å². The minimum Gasteiger partial charge on any atom is -0.459 e. The summed E-state index contributed by atoms with van der Waals surface area (Å²) in [7, 11) is 0. The van der Waals surface area contributed by atoms with Gasteiger partial charge in [0, 0.05) is 13.1 Å². The predicted molar refractivity (Wildman–Crippen MR) is 55.6 cm³/mol. The lowest BCUT2D eigenvalue weighted by atomic mass is 10.1. The Morgan fingerprint density at radius 3 is 2.38 bits per heavy atom. The molecule has 1 rings (SSSR count). The zero-order valence-electron chi connectivity index (χ0n) is 9.32. The Bertz CT molecular complexity index is 285. The highest BCUT2D eigenvalue weighted by atomic mass is 16.5. The quantitative estimate of drug-likeness (QED) is 0.516. The molecular formula is C10H16N2O4. The third kappa shape index (κ3) is 3.52. The van der Waals surface area contributed by atoms with Gasteiger partial charge in [-0.25, -0.2) is 9.59 Å². The van der Waals surface area contributed by atoms with Crippen molar-refractivity contribution in [2.24, 2.45) is 0 Å². The third-order valence-corrected chi connectivity index (χ3v) is 2.32. The van der Waals surface area contributed by atoms with Crippen molar-refractivity contribution in [3.05, 3.63) is 0 Å². The standard InChI is InChI=1S/C10H16N2O4/c1-2-16-9(14)8(13)11-10(15)12-6-4-3-5-7-12/h2-7H2,1H3,(H,11,13,15). The van der Waals surface area contributed by atoms with Crippen LogP contribution >= 0.6 is 0 Å². The Hall–Kier alpha value is -1.59. The van der Waals surface area contributed by atoms with Crippen molar-refractivity contribution in [1.29, 1.82) is 0 Å². The monoisotopic (exact) mass is 228 g/mol. The Kier molecular flexibility index (Phi) is 4.75. The number of imide groups is 1. The van der Waals surface area contributed by atoms with Crippen LogP contribution in [0, 0.1) is 0 Å². The van der Waals surface area contributed by atoms with Gasteiger partial charge in [0.2, 0.25) is 0 Å². The molecule has 0 atom stereocenters. The van der Waals surface area contributed by atoms with Crippen LogP contribution in [0.15, 0.2) is 0 Å². The number of urea groups is 1. The molecule has 1 fully saturated rings. The Balaban J connectivity index is 2.37. The number of carbonyl (C=O) groups excluding carboxylic acids is 3. The normalized spacial score (nSPS) is 15.4. The molecule has 0 aliphatic carbocycles. The minimum absolute atomic E-state index is 0.115. The van der Waals surface area contributed by atoms with Crippen LogP contribution in [0.5, 0.6) is 0 Å². The summed E-state index contributed by atoms with van der Waals surface area (Å²) in [6.45, 7) is 2.96. The largest absolute Gasteiger partial charge is 0.459 e. The average molecular weight is 228 g/mol. The van der Waals surface area contributed by atoms with Gasteiger partial charge in [-0.2, -0.15) is 0 Å². The number of hydrogen-bond acceptors (Lipinski definition) is 4. The summed E-state index contributed by atoms with van der Waals surface area (Å²) < 4.78 is 4.47. The molecule has 16 heavy (non-hydrogen) atoms. The molecule has 0 aromatic heterocycles. The molecule has 0 bridgehead atoms. The number of amides is 3. The molecule has 0 aromatic rings. The number of likely N-dealkylation sites (tertiary alicyclic amines) is 1. The fraction of sp³-hybridized carbons (Fsp3) is 0.700. The Morgan fingerprint density at radius 1 is 1.19 bits per heavy atom. The average Bonchev–Trinajstić information content (AvgIpc) is 2.30. The van der Waals surface area contributed by atoms with Gasteiger partial charge in [-0.15, -0.1) is 0 Å². The molecule has 3 amide bonds. The van der Waals surface area contributed by atoms with E-state index in [0.29, 0.717) is 13.1 Å². The van der Waals surface area contributed by atoms with E-state index in [1.165, 1.54) is 4.90 Å². The summed E-state index contributed by atoms with van der Waals surface area (Å²) in [6, 6.07) is -0.516. The van der Waals surface area contributed by atoms with Gasteiger partial charge in [0.1, 0.15) is 0 Å². The van der Waals surface area contributed by atoms with Crippen LogP contribution in [0.2, 0.25) is 0 Å². The molecule has 1 aliphatic rings. The molecule has 0 aromatic carbocycles. The van der Waals surface area contributed by atoms with E-state index in [4.69, 9.17) is 0 Å². The van der Waals surface area contributed by atoms with E-state index in [0.717, 1.165) is 19.3 Å². The van der Waals surface area contributed by atoms with Crippen molar-refractivity contribution in [3.8, 4) is 0 Å². The maximum atomic E-state index is 11.5. The van der Waals surface area contributed by atoms with Gasteiger partial charge in [0.15, 0.2) is 0 Å². The summed E-state index contributed by atoms with van der Waals surface area (Å²) in [4.78, 5) is 35.1. The first-order chi connectivity index (χ1) is 7.65. The molecule has 1 aliphatic heterocycles. The third-order valence-electron chi connectivity index (χ3n) is 2.32. The minimum atomic E-state index is -1.02. The van der Waals surface area contributed by atoms with Crippen LogP contribution in [0.3, 0.4) is 0 Å². The maximum Gasteiger partial charge on any atom is 0.397 e. The van der Waals surface area contributed by atoms with Gasteiger partial charge >= 0.3 is 17.9 Å². The first-order valence-electron chi connectivity index (χ1n) is 5.42.